The highest BCUT2D eigenvalue weighted by molar-refractivity contribution is 5.99. The molecule has 0 atom stereocenters. The third-order valence-corrected chi connectivity index (χ3v) is 3.82. The number of aliphatic imine (C=N–C) groups is 2. The average molecular weight is 337 g/mol. The monoisotopic (exact) mass is 337 g/mol. The fourth-order valence-corrected chi connectivity index (χ4v) is 2.45. The van der Waals surface area contributed by atoms with E-state index < -0.39 is 0 Å². The molecule has 2 rings (SSSR count). The molecule has 0 fully saturated rings. The van der Waals surface area contributed by atoms with E-state index in [0.717, 1.165) is 42.9 Å². The number of hydrogen-bond donors (Lipinski definition) is 1. The molecule has 0 saturated heterocycles. The molecule has 2 aromatic rings. The van der Waals surface area contributed by atoms with Gasteiger partial charge in [-0.2, -0.15) is 0 Å². The minimum Gasteiger partial charge on any atom is -0.314 e. The Balaban J connectivity index is 2.06. The first-order valence-corrected chi connectivity index (χ1v) is 8.67. The number of amidine groups is 1. The maximum absolute atomic E-state index is 4.51. The minimum absolute atomic E-state index is 0.618. The van der Waals surface area contributed by atoms with Gasteiger partial charge in [-0.3, -0.25) is 15.0 Å². The van der Waals surface area contributed by atoms with E-state index in [1.54, 1.807) is 0 Å². The number of aromatic nitrogens is 2. The smallest absolute Gasteiger partial charge is 0.172 e. The van der Waals surface area contributed by atoms with E-state index in [-0.39, 0.29) is 0 Å². The summed E-state index contributed by atoms with van der Waals surface area (Å²) < 4.78 is 0. The average Bonchev–Trinajstić information content (AvgIpc) is 2.60. The van der Waals surface area contributed by atoms with Crippen molar-refractivity contribution >= 4 is 12.6 Å². The van der Waals surface area contributed by atoms with Crippen LogP contribution < -0.4 is 5.32 Å². The molecule has 0 aliphatic carbocycles. The van der Waals surface area contributed by atoms with Crippen LogP contribution in [0.15, 0.2) is 46.6 Å². The van der Waals surface area contributed by atoms with Gasteiger partial charge in [0, 0.05) is 25.5 Å². The third kappa shape index (κ3) is 6.19. The van der Waals surface area contributed by atoms with Crippen LogP contribution in [0.1, 0.15) is 42.8 Å². The number of hydrogen-bond acceptors (Lipinski definition) is 4. The van der Waals surface area contributed by atoms with Gasteiger partial charge in [-0.25, -0.2) is 4.99 Å². The van der Waals surface area contributed by atoms with Crippen molar-refractivity contribution in [2.24, 2.45) is 15.9 Å². The Hall–Kier alpha value is -2.40. The summed E-state index contributed by atoms with van der Waals surface area (Å²) in [7, 11) is 1.92. The first-order valence-electron chi connectivity index (χ1n) is 8.67. The van der Waals surface area contributed by atoms with E-state index in [1.807, 2.05) is 31.6 Å². The summed E-state index contributed by atoms with van der Waals surface area (Å²) >= 11 is 0. The fourth-order valence-electron chi connectivity index (χ4n) is 2.45. The Morgan fingerprint density at radius 1 is 1.20 bits per heavy atom. The SMILES string of the molecule is C=N/C(=N\CCC(C)C)c1ccc(Cc2ccnc(CNC)c2)cn1. The van der Waals surface area contributed by atoms with Crippen molar-refractivity contribution in [1.82, 2.24) is 15.3 Å². The highest BCUT2D eigenvalue weighted by Crippen LogP contribution is 2.11. The van der Waals surface area contributed by atoms with Crippen LogP contribution in [0.3, 0.4) is 0 Å². The van der Waals surface area contributed by atoms with E-state index >= 15 is 0 Å². The van der Waals surface area contributed by atoms with Gasteiger partial charge in [0.05, 0.1) is 5.69 Å². The molecule has 0 saturated carbocycles. The van der Waals surface area contributed by atoms with Crippen LogP contribution in [-0.4, -0.2) is 36.1 Å². The molecular weight excluding hydrogens is 310 g/mol. The lowest BCUT2D eigenvalue weighted by Gasteiger charge is -2.06. The summed E-state index contributed by atoms with van der Waals surface area (Å²) in [5.74, 6) is 1.24. The van der Waals surface area contributed by atoms with Gasteiger partial charge in [0.2, 0.25) is 0 Å². The van der Waals surface area contributed by atoms with Crippen LogP contribution in [-0.2, 0) is 13.0 Å². The molecule has 0 spiro atoms. The Kier molecular flexibility index (Phi) is 7.41. The second-order valence-corrected chi connectivity index (χ2v) is 6.46. The van der Waals surface area contributed by atoms with Crippen LogP contribution in [0.4, 0.5) is 0 Å². The van der Waals surface area contributed by atoms with E-state index in [9.17, 15) is 0 Å². The molecule has 0 radical (unpaired) electrons. The molecule has 0 bridgehead atoms. The van der Waals surface area contributed by atoms with Gasteiger partial charge in [0.15, 0.2) is 5.84 Å². The molecule has 0 unspecified atom stereocenters. The van der Waals surface area contributed by atoms with Gasteiger partial charge in [-0.05, 0) is 61.9 Å². The number of pyridine rings is 2. The van der Waals surface area contributed by atoms with Crippen LogP contribution in [0, 0.1) is 5.92 Å². The topological polar surface area (TPSA) is 62.5 Å². The summed E-state index contributed by atoms with van der Waals surface area (Å²) in [5, 5.41) is 3.12. The molecule has 2 aromatic heterocycles. The first-order chi connectivity index (χ1) is 12.1. The van der Waals surface area contributed by atoms with Crippen molar-refractivity contribution in [2.45, 2.75) is 33.2 Å². The predicted octanol–water partition coefficient (Wildman–Crippen LogP) is 3.28. The molecule has 5 nitrogen and oxygen atoms in total. The normalized spacial score (nSPS) is 11.8. The highest BCUT2D eigenvalue weighted by atomic mass is 14.9. The fraction of sp³-hybridized carbons (Fsp3) is 0.400. The Bertz CT molecular complexity index is 704. The summed E-state index contributed by atoms with van der Waals surface area (Å²) in [6.07, 6.45) is 5.60. The van der Waals surface area contributed by atoms with Crippen molar-refractivity contribution in [2.75, 3.05) is 13.6 Å². The van der Waals surface area contributed by atoms with Gasteiger partial charge in [0.1, 0.15) is 5.69 Å². The van der Waals surface area contributed by atoms with E-state index in [0.29, 0.717) is 11.8 Å². The van der Waals surface area contributed by atoms with Gasteiger partial charge < -0.3 is 5.32 Å². The lowest BCUT2D eigenvalue weighted by molar-refractivity contribution is 0.597. The zero-order valence-electron chi connectivity index (χ0n) is 15.4. The lowest BCUT2D eigenvalue weighted by atomic mass is 10.1. The summed E-state index contributed by atoms with van der Waals surface area (Å²) in [6.45, 7) is 9.51. The number of nitrogens with zero attached hydrogens (tertiary/aromatic N) is 4. The third-order valence-electron chi connectivity index (χ3n) is 3.82. The maximum atomic E-state index is 4.51. The van der Waals surface area contributed by atoms with Gasteiger partial charge >= 0.3 is 0 Å². The molecule has 0 aliphatic heterocycles. The second kappa shape index (κ2) is 9.79. The Morgan fingerprint density at radius 3 is 2.68 bits per heavy atom. The molecular formula is C20H27N5. The van der Waals surface area contributed by atoms with Gasteiger partial charge in [-0.1, -0.05) is 19.9 Å². The van der Waals surface area contributed by atoms with Gasteiger partial charge in [0.25, 0.3) is 0 Å². The van der Waals surface area contributed by atoms with Crippen molar-refractivity contribution in [3.63, 3.8) is 0 Å². The molecule has 0 aliphatic rings. The highest BCUT2D eigenvalue weighted by Gasteiger charge is 2.05. The molecule has 5 heteroatoms. The quantitative estimate of drug-likeness (QED) is 0.594. The summed E-state index contributed by atoms with van der Waals surface area (Å²) in [6, 6.07) is 8.20. The van der Waals surface area contributed by atoms with Crippen molar-refractivity contribution in [3.8, 4) is 0 Å². The summed E-state index contributed by atoms with van der Waals surface area (Å²) in [4.78, 5) is 17.4. The number of rotatable bonds is 8. The van der Waals surface area contributed by atoms with Crippen LogP contribution >= 0.6 is 0 Å². The van der Waals surface area contributed by atoms with Crippen LogP contribution in [0.25, 0.3) is 0 Å². The van der Waals surface area contributed by atoms with Crippen molar-refractivity contribution in [3.05, 3.63) is 59.2 Å². The zero-order valence-corrected chi connectivity index (χ0v) is 15.4. The van der Waals surface area contributed by atoms with Gasteiger partial charge in [-0.15, -0.1) is 0 Å². The molecule has 2 heterocycles. The predicted molar refractivity (Wildman–Crippen MR) is 104 cm³/mol. The van der Waals surface area contributed by atoms with E-state index in [4.69, 9.17) is 0 Å². The molecule has 0 amide bonds. The Labute approximate surface area is 150 Å². The molecule has 25 heavy (non-hydrogen) atoms. The molecule has 132 valence electrons. The van der Waals surface area contributed by atoms with Crippen LogP contribution in [0.5, 0.6) is 0 Å². The molecule has 1 N–H and O–H groups in total. The van der Waals surface area contributed by atoms with Crippen LogP contribution in [0.2, 0.25) is 0 Å². The lowest BCUT2D eigenvalue weighted by Crippen LogP contribution is -2.07. The van der Waals surface area contributed by atoms with Crippen molar-refractivity contribution in [1.29, 1.82) is 0 Å². The number of nitrogens with one attached hydrogen (secondary N) is 1. The molecule has 0 aromatic carbocycles. The minimum atomic E-state index is 0.618. The Morgan fingerprint density at radius 2 is 2.04 bits per heavy atom. The standard InChI is InChI=1S/C20H27N5/c1-15(2)7-9-24-20(22-4)19-6-5-17(13-25-19)11-16-8-10-23-18(12-16)14-21-3/h5-6,8,10,12-13,15,21H,4,7,9,11,14H2,1-3H3/b24-20-. The first kappa shape index (κ1) is 18.9. The maximum Gasteiger partial charge on any atom is 0.172 e. The van der Waals surface area contributed by atoms with Crippen molar-refractivity contribution < 1.29 is 0 Å². The zero-order chi connectivity index (χ0) is 18.1. The van der Waals surface area contributed by atoms with E-state index in [1.165, 1.54) is 5.56 Å². The summed E-state index contributed by atoms with van der Waals surface area (Å²) in [5.41, 5.74) is 4.19. The van der Waals surface area contributed by atoms with E-state index in [2.05, 4.69) is 58.0 Å². The largest absolute Gasteiger partial charge is 0.314 e. The second-order valence-electron chi connectivity index (χ2n) is 6.46.